The first-order chi connectivity index (χ1) is 7.58. The molecular formula is C12H11Br2NO. The summed E-state index contributed by atoms with van der Waals surface area (Å²) in [6.07, 6.45) is 3.26. The molecular weight excluding hydrogens is 334 g/mol. The van der Waals surface area contributed by atoms with Gasteiger partial charge in [-0.15, -0.1) is 0 Å². The summed E-state index contributed by atoms with van der Waals surface area (Å²) in [6.45, 7) is 4.06. The van der Waals surface area contributed by atoms with E-state index in [4.69, 9.17) is 0 Å². The number of nitrogens with one attached hydrogen (secondary N) is 1. The van der Waals surface area contributed by atoms with E-state index in [1.54, 1.807) is 6.08 Å². The molecule has 0 fully saturated rings. The summed E-state index contributed by atoms with van der Waals surface area (Å²) in [7, 11) is 0. The summed E-state index contributed by atoms with van der Waals surface area (Å²) in [5.41, 5.74) is 0.982. The zero-order valence-electron chi connectivity index (χ0n) is 8.54. The van der Waals surface area contributed by atoms with Crippen molar-refractivity contribution in [3.8, 4) is 0 Å². The van der Waals surface area contributed by atoms with Crippen LogP contribution < -0.4 is 5.32 Å². The topological polar surface area (TPSA) is 29.1 Å². The molecule has 0 atom stereocenters. The maximum atomic E-state index is 11.3. The van der Waals surface area contributed by atoms with Gasteiger partial charge in [0.15, 0.2) is 0 Å². The van der Waals surface area contributed by atoms with Gasteiger partial charge in [0, 0.05) is 21.6 Å². The van der Waals surface area contributed by atoms with Crippen molar-refractivity contribution >= 4 is 43.8 Å². The number of halogens is 2. The first-order valence-corrected chi connectivity index (χ1v) is 6.21. The summed E-state index contributed by atoms with van der Waals surface area (Å²) >= 11 is 6.52. The van der Waals surface area contributed by atoms with E-state index in [9.17, 15) is 4.79 Å². The average Bonchev–Trinajstić information content (AvgIpc) is 2.25. The molecule has 0 saturated heterocycles. The normalized spacial score (nSPS) is 10.4. The molecule has 0 aliphatic carbocycles. The molecule has 0 aliphatic rings. The van der Waals surface area contributed by atoms with Gasteiger partial charge in [-0.1, -0.05) is 50.6 Å². The minimum atomic E-state index is -0.136. The average molecular weight is 345 g/mol. The van der Waals surface area contributed by atoms with Gasteiger partial charge in [0.05, 0.1) is 0 Å². The van der Waals surface area contributed by atoms with Crippen LogP contribution in [0.3, 0.4) is 0 Å². The van der Waals surface area contributed by atoms with E-state index in [-0.39, 0.29) is 5.91 Å². The van der Waals surface area contributed by atoms with Crippen LogP contribution in [0.1, 0.15) is 5.56 Å². The number of amides is 1. The minimum Gasteiger partial charge on any atom is -0.348 e. The molecule has 0 saturated carbocycles. The third-order valence-electron chi connectivity index (χ3n) is 1.75. The van der Waals surface area contributed by atoms with Gasteiger partial charge in [0.2, 0.25) is 5.91 Å². The lowest BCUT2D eigenvalue weighted by Crippen LogP contribution is -2.21. The Morgan fingerprint density at radius 2 is 2.00 bits per heavy atom. The third-order valence-corrected chi connectivity index (χ3v) is 2.56. The van der Waals surface area contributed by atoms with E-state index < -0.39 is 0 Å². The van der Waals surface area contributed by atoms with Gasteiger partial charge in [-0.2, -0.15) is 0 Å². The zero-order valence-corrected chi connectivity index (χ0v) is 11.7. The van der Waals surface area contributed by atoms with Crippen molar-refractivity contribution in [3.05, 3.63) is 51.4 Å². The molecule has 1 rings (SSSR count). The number of hydrogen-bond acceptors (Lipinski definition) is 1. The Balaban J connectivity index is 2.50. The second-order valence-electron chi connectivity index (χ2n) is 3.12. The molecule has 16 heavy (non-hydrogen) atoms. The van der Waals surface area contributed by atoms with Crippen LogP contribution >= 0.6 is 31.9 Å². The summed E-state index contributed by atoms with van der Waals surface area (Å²) < 4.78 is 1.77. The second kappa shape index (κ2) is 6.66. The minimum absolute atomic E-state index is 0.136. The molecule has 2 nitrogen and oxygen atoms in total. The lowest BCUT2D eigenvalue weighted by molar-refractivity contribution is -0.116. The van der Waals surface area contributed by atoms with Crippen LogP contribution in [0.4, 0.5) is 0 Å². The number of benzene rings is 1. The molecule has 0 bridgehead atoms. The van der Waals surface area contributed by atoms with E-state index in [1.807, 2.05) is 24.3 Å². The highest BCUT2D eigenvalue weighted by atomic mass is 79.9. The monoisotopic (exact) mass is 343 g/mol. The largest absolute Gasteiger partial charge is 0.348 e. The molecule has 1 aromatic rings. The standard InChI is InChI=1S/C12H11Br2NO/c1-9(13)8-15-12(16)7-4-10-2-5-11(14)6-3-10/h2-7H,1,8H2,(H,15,16)/b7-4+. The molecule has 0 aromatic heterocycles. The maximum absolute atomic E-state index is 11.3. The van der Waals surface area contributed by atoms with Crippen LogP contribution in [0.5, 0.6) is 0 Å². The van der Waals surface area contributed by atoms with Gasteiger partial charge in [-0.25, -0.2) is 0 Å². The fraction of sp³-hybridized carbons (Fsp3) is 0.0833. The number of hydrogen-bond donors (Lipinski definition) is 1. The van der Waals surface area contributed by atoms with Gasteiger partial charge in [0.25, 0.3) is 0 Å². The Hall–Kier alpha value is -0.870. The Morgan fingerprint density at radius 1 is 1.38 bits per heavy atom. The predicted octanol–water partition coefficient (Wildman–Crippen LogP) is 3.49. The molecule has 0 unspecified atom stereocenters. The first kappa shape index (κ1) is 13.2. The lowest BCUT2D eigenvalue weighted by atomic mass is 10.2. The second-order valence-corrected chi connectivity index (χ2v) is 5.16. The van der Waals surface area contributed by atoms with Crippen LogP contribution in [-0.4, -0.2) is 12.5 Å². The molecule has 4 heteroatoms. The van der Waals surface area contributed by atoms with Crippen LogP contribution in [-0.2, 0) is 4.79 Å². The van der Waals surface area contributed by atoms with Crippen molar-refractivity contribution in [2.75, 3.05) is 6.54 Å². The fourth-order valence-electron chi connectivity index (χ4n) is 0.988. The van der Waals surface area contributed by atoms with E-state index in [2.05, 4.69) is 43.8 Å². The molecule has 0 heterocycles. The van der Waals surface area contributed by atoms with E-state index in [0.29, 0.717) is 6.54 Å². The number of carbonyl (C=O) groups is 1. The van der Waals surface area contributed by atoms with Crippen LogP contribution in [0.25, 0.3) is 6.08 Å². The SMILES string of the molecule is C=C(Br)CNC(=O)/C=C/c1ccc(Br)cc1. The van der Waals surface area contributed by atoms with Crippen molar-refractivity contribution in [2.24, 2.45) is 0 Å². The third kappa shape index (κ3) is 5.28. The molecule has 1 N–H and O–H groups in total. The Morgan fingerprint density at radius 3 is 2.56 bits per heavy atom. The van der Waals surface area contributed by atoms with Crippen molar-refractivity contribution in [2.45, 2.75) is 0 Å². The summed E-state index contributed by atoms with van der Waals surface area (Å²) in [5, 5.41) is 2.68. The van der Waals surface area contributed by atoms with Gasteiger partial charge >= 0.3 is 0 Å². The van der Waals surface area contributed by atoms with Crippen molar-refractivity contribution in [1.29, 1.82) is 0 Å². The number of rotatable bonds is 4. The van der Waals surface area contributed by atoms with Crippen LogP contribution in [0, 0.1) is 0 Å². The van der Waals surface area contributed by atoms with Crippen LogP contribution in [0.2, 0.25) is 0 Å². The molecule has 0 radical (unpaired) electrons. The van der Waals surface area contributed by atoms with E-state index in [0.717, 1.165) is 14.5 Å². The number of carbonyl (C=O) groups excluding carboxylic acids is 1. The van der Waals surface area contributed by atoms with Gasteiger partial charge < -0.3 is 5.32 Å². The Kier molecular flexibility index (Phi) is 5.49. The van der Waals surface area contributed by atoms with E-state index >= 15 is 0 Å². The highest BCUT2D eigenvalue weighted by molar-refractivity contribution is 9.11. The summed E-state index contributed by atoms with van der Waals surface area (Å²) in [5.74, 6) is -0.136. The first-order valence-electron chi connectivity index (χ1n) is 4.62. The van der Waals surface area contributed by atoms with Crippen molar-refractivity contribution in [1.82, 2.24) is 5.32 Å². The molecule has 84 valence electrons. The maximum Gasteiger partial charge on any atom is 0.244 e. The highest BCUT2D eigenvalue weighted by Crippen LogP contribution is 2.11. The Labute approximate surface area is 112 Å². The van der Waals surface area contributed by atoms with E-state index in [1.165, 1.54) is 6.08 Å². The Bertz CT molecular complexity index is 410. The van der Waals surface area contributed by atoms with Gasteiger partial charge in [-0.3, -0.25) is 4.79 Å². The molecule has 0 aliphatic heterocycles. The summed E-state index contributed by atoms with van der Waals surface area (Å²) in [4.78, 5) is 11.3. The smallest absolute Gasteiger partial charge is 0.244 e. The molecule has 1 amide bonds. The predicted molar refractivity (Wildman–Crippen MR) is 74.3 cm³/mol. The molecule has 0 spiro atoms. The van der Waals surface area contributed by atoms with Gasteiger partial charge in [-0.05, 0) is 23.8 Å². The lowest BCUT2D eigenvalue weighted by Gasteiger charge is -1.99. The van der Waals surface area contributed by atoms with Crippen molar-refractivity contribution < 1.29 is 4.79 Å². The highest BCUT2D eigenvalue weighted by Gasteiger charge is 1.95. The van der Waals surface area contributed by atoms with Gasteiger partial charge in [0.1, 0.15) is 0 Å². The summed E-state index contributed by atoms with van der Waals surface area (Å²) in [6, 6.07) is 7.71. The quantitative estimate of drug-likeness (QED) is 0.832. The van der Waals surface area contributed by atoms with Crippen LogP contribution in [0.15, 0.2) is 45.9 Å². The zero-order chi connectivity index (χ0) is 12.0. The molecule has 1 aromatic carbocycles. The van der Waals surface area contributed by atoms with Crippen molar-refractivity contribution in [3.63, 3.8) is 0 Å². The fourth-order valence-corrected chi connectivity index (χ4v) is 1.39.